The number of hydrogen-bond donors (Lipinski definition) is 1. The van der Waals surface area contributed by atoms with Gasteiger partial charge in [-0.2, -0.15) is 0 Å². The summed E-state index contributed by atoms with van der Waals surface area (Å²) in [6.45, 7) is 22.1. The molecule has 16 heteroatoms. The fourth-order valence-electron chi connectivity index (χ4n) is 8.20. The lowest BCUT2D eigenvalue weighted by atomic mass is 9.57. The number of rotatable bonds is 9. The first-order valence-corrected chi connectivity index (χ1v) is 23.9. The van der Waals surface area contributed by atoms with Gasteiger partial charge in [-0.3, -0.25) is 19.4 Å². The number of ether oxygens (including phenoxy) is 4. The topological polar surface area (TPSA) is 167 Å². The summed E-state index contributed by atoms with van der Waals surface area (Å²) in [6, 6.07) is 9.59. The highest BCUT2D eigenvalue weighted by Crippen LogP contribution is 2.60. The van der Waals surface area contributed by atoms with Crippen LogP contribution in [0, 0.1) is 17.7 Å². The summed E-state index contributed by atoms with van der Waals surface area (Å²) in [4.78, 5) is 61.4. The SMILES string of the molecule is CCN(C)[C@@H]1c2onc(OCc3ccccc3)c2C(=O)C2(O[Si](C)(C)C(C)(C)C)C(=O)C3=C(O)c4c(c(F)cc(N(C)C(=O)OC(C)(C)C)c4OC(=O)OC(C)(C)C)C[C@H]3C[C@@H]12. The Labute approximate surface area is 363 Å². The first-order valence-electron chi connectivity index (χ1n) is 21.0. The molecule has 1 aromatic heterocycles. The Morgan fingerprint density at radius 2 is 1.60 bits per heavy atom. The van der Waals surface area contributed by atoms with E-state index in [1.54, 1.807) is 41.5 Å². The summed E-state index contributed by atoms with van der Waals surface area (Å²) < 4.78 is 52.9. The Morgan fingerprint density at radius 1 is 0.968 bits per heavy atom. The Morgan fingerprint density at radius 3 is 2.18 bits per heavy atom. The van der Waals surface area contributed by atoms with Gasteiger partial charge >= 0.3 is 12.2 Å². The molecule has 0 bridgehead atoms. The molecule has 3 aliphatic rings. The Hall–Kier alpha value is -5.06. The van der Waals surface area contributed by atoms with Gasteiger partial charge in [0.1, 0.15) is 34.9 Å². The lowest BCUT2D eigenvalue weighted by Gasteiger charge is -2.55. The minimum absolute atomic E-state index is 0.0365. The van der Waals surface area contributed by atoms with Crippen LogP contribution in [0.15, 0.2) is 46.5 Å². The van der Waals surface area contributed by atoms with E-state index in [1.807, 2.05) is 83.1 Å². The fourth-order valence-corrected chi connectivity index (χ4v) is 9.64. The predicted octanol–water partition coefficient (Wildman–Crippen LogP) is 9.76. The quantitative estimate of drug-likeness (QED) is 0.0935. The van der Waals surface area contributed by atoms with Crippen LogP contribution in [0.2, 0.25) is 18.1 Å². The lowest BCUT2D eigenvalue weighted by Crippen LogP contribution is -2.68. The number of carbonyl (C=O) groups is 4. The van der Waals surface area contributed by atoms with Gasteiger partial charge in [-0.1, -0.05) is 58.0 Å². The third-order valence-corrected chi connectivity index (χ3v) is 16.7. The molecular weight excluding hydrogens is 818 g/mol. The number of Topliss-reactive ketones (excluding diaryl/α,β-unsaturated/α-hetero) is 2. The molecule has 3 aliphatic carbocycles. The monoisotopic (exact) mass is 877 g/mol. The molecule has 1 saturated carbocycles. The number of aromatic nitrogens is 1. The van der Waals surface area contributed by atoms with Gasteiger partial charge in [0.25, 0.3) is 5.88 Å². The molecule has 2 aromatic carbocycles. The number of amides is 1. The average Bonchev–Trinajstić information content (AvgIpc) is 3.57. The van der Waals surface area contributed by atoms with E-state index < -0.39 is 89.2 Å². The number of fused-ring (bicyclic) bond motifs is 4. The second-order valence-corrected chi connectivity index (χ2v) is 24.7. The molecule has 0 aliphatic heterocycles. The first-order chi connectivity index (χ1) is 28.6. The summed E-state index contributed by atoms with van der Waals surface area (Å²) >= 11 is 0. The van der Waals surface area contributed by atoms with Crippen molar-refractivity contribution in [1.82, 2.24) is 10.1 Å². The van der Waals surface area contributed by atoms with Gasteiger partial charge < -0.3 is 33.0 Å². The minimum atomic E-state index is -3.09. The van der Waals surface area contributed by atoms with Crippen molar-refractivity contribution in [2.45, 2.75) is 130 Å². The van der Waals surface area contributed by atoms with Gasteiger partial charge in [0, 0.05) is 30.2 Å². The second kappa shape index (κ2) is 16.2. The minimum Gasteiger partial charge on any atom is -0.507 e. The van der Waals surface area contributed by atoms with Gasteiger partial charge in [-0.05, 0) is 103 Å². The van der Waals surface area contributed by atoms with Crippen molar-refractivity contribution in [2.75, 3.05) is 25.5 Å². The van der Waals surface area contributed by atoms with E-state index in [0.29, 0.717) is 6.54 Å². The maximum absolute atomic E-state index is 16.7. The highest BCUT2D eigenvalue weighted by atomic mass is 28.4. The van der Waals surface area contributed by atoms with Crippen LogP contribution in [0.3, 0.4) is 0 Å². The van der Waals surface area contributed by atoms with Crippen molar-refractivity contribution in [3.05, 3.63) is 75.8 Å². The van der Waals surface area contributed by atoms with E-state index in [-0.39, 0.29) is 59.0 Å². The van der Waals surface area contributed by atoms with Crippen LogP contribution >= 0.6 is 0 Å². The van der Waals surface area contributed by atoms with Gasteiger partial charge in [0.05, 0.1) is 17.3 Å². The molecule has 6 rings (SSSR count). The third kappa shape index (κ3) is 8.40. The van der Waals surface area contributed by atoms with Gasteiger partial charge in [-0.15, -0.1) is 0 Å². The highest BCUT2D eigenvalue weighted by Gasteiger charge is 2.69. The number of ketones is 2. The Balaban J connectivity index is 1.61. The molecule has 0 saturated heterocycles. The maximum atomic E-state index is 16.7. The van der Waals surface area contributed by atoms with Crippen LogP contribution < -0.4 is 14.4 Å². The molecule has 336 valence electrons. The number of aliphatic hydroxyl groups excluding tert-OH is 1. The van der Waals surface area contributed by atoms with E-state index in [0.717, 1.165) is 16.5 Å². The van der Waals surface area contributed by atoms with Crippen molar-refractivity contribution < 1.29 is 56.6 Å². The summed E-state index contributed by atoms with van der Waals surface area (Å²) in [5.41, 5.74) is -4.36. The molecule has 1 fully saturated rings. The number of anilines is 1. The van der Waals surface area contributed by atoms with E-state index in [1.165, 1.54) is 7.05 Å². The number of nitrogens with zero attached hydrogens (tertiary/aromatic N) is 3. The number of benzene rings is 2. The van der Waals surface area contributed by atoms with Gasteiger partial charge in [-0.25, -0.2) is 14.0 Å². The molecule has 14 nitrogen and oxygen atoms in total. The van der Waals surface area contributed by atoms with Gasteiger partial charge in [0.15, 0.2) is 25.4 Å². The summed E-state index contributed by atoms with van der Waals surface area (Å²) in [6.07, 6.45) is -2.21. The average molecular weight is 878 g/mol. The maximum Gasteiger partial charge on any atom is 0.514 e. The van der Waals surface area contributed by atoms with Crippen LogP contribution in [-0.2, 0) is 31.7 Å². The lowest BCUT2D eigenvalue weighted by molar-refractivity contribution is -0.141. The molecule has 4 atom stereocenters. The predicted molar refractivity (Wildman–Crippen MR) is 231 cm³/mol. The molecule has 0 radical (unpaired) electrons. The van der Waals surface area contributed by atoms with E-state index in [2.05, 4.69) is 5.16 Å². The van der Waals surface area contributed by atoms with Crippen molar-refractivity contribution >= 4 is 43.6 Å². The normalized spacial score (nSPS) is 21.5. The van der Waals surface area contributed by atoms with E-state index in [9.17, 15) is 14.7 Å². The molecule has 1 N–H and O–H groups in total. The standard InChI is InChI=1S/C46H60FN3O11Si/c1-15-49(11)34-28-22-26-21-27-29(47)23-30(50(12)41(54)58-43(2,3)4)36(57-42(55)59-44(5,6)7)32(27)35(51)31(26)38(52)46(28,61-62(13,14)45(8,9)10)39(53)33-37(34)60-48-40(33)56-24-25-19-17-16-18-20-25/h16-20,23,26,28,34,51H,15,21-22,24H2,1-14H3/t26-,28-,34-,46?/m0/s1. The summed E-state index contributed by atoms with van der Waals surface area (Å²) in [5.74, 6) is -5.17. The molecule has 1 heterocycles. The Kier molecular flexibility index (Phi) is 12.2. The van der Waals surface area contributed by atoms with Gasteiger partial charge in [0.2, 0.25) is 11.6 Å². The number of hydrogen-bond acceptors (Lipinski definition) is 13. The fraction of sp³-hybridized carbons (Fsp3) is 0.543. The summed E-state index contributed by atoms with van der Waals surface area (Å²) in [7, 11) is 0.0552. The largest absolute Gasteiger partial charge is 0.514 e. The zero-order chi connectivity index (χ0) is 46.1. The van der Waals surface area contributed by atoms with Crippen LogP contribution in [0.25, 0.3) is 5.76 Å². The highest BCUT2D eigenvalue weighted by molar-refractivity contribution is 6.74. The van der Waals surface area contributed by atoms with Crippen molar-refractivity contribution in [3.8, 4) is 11.6 Å². The number of halogens is 1. The molecule has 1 unspecified atom stereocenters. The van der Waals surface area contributed by atoms with Crippen LogP contribution in [0.4, 0.5) is 19.7 Å². The molecular formula is C46H60FN3O11Si. The zero-order valence-corrected chi connectivity index (χ0v) is 39.3. The number of aliphatic hydroxyl groups is 1. The molecule has 62 heavy (non-hydrogen) atoms. The van der Waals surface area contributed by atoms with E-state index >= 15 is 14.0 Å². The molecule has 0 spiro atoms. The zero-order valence-electron chi connectivity index (χ0n) is 38.3. The molecule has 3 aromatic rings. The molecule has 1 amide bonds. The van der Waals surface area contributed by atoms with Crippen molar-refractivity contribution in [1.29, 1.82) is 0 Å². The van der Waals surface area contributed by atoms with Crippen LogP contribution in [0.1, 0.15) is 115 Å². The van der Waals surface area contributed by atoms with Crippen molar-refractivity contribution in [2.24, 2.45) is 11.8 Å². The number of carbonyl (C=O) groups excluding carboxylic acids is 4. The third-order valence-electron chi connectivity index (χ3n) is 12.2. The Bertz CT molecular complexity index is 2300. The van der Waals surface area contributed by atoms with Crippen LogP contribution in [0.5, 0.6) is 11.6 Å². The first kappa shape index (κ1) is 46.4. The summed E-state index contributed by atoms with van der Waals surface area (Å²) in [5, 5.41) is 16.3. The second-order valence-electron chi connectivity index (χ2n) is 19.9. The van der Waals surface area contributed by atoms with Crippen LogP contribution in [-0.4, -0.2) is 84.7 Å². The van der Waals surface area contributed by atoms with Crippen molar-refractivity contribution in [3.63, 3.8) is 0 Å². The smallest absolute Gasteiger partial charge is 0.507 e. The van der Waals surface area contributed by atoms with E-state index in [4.69, 9.17) is 27.9 Å².